The lowest BCUT2D eigenvalue weighted by atomic mass is 10.1. The molecule has 138 valence electrons. The highest BCUT2D eigenvalue weighted by Gasteiger charge is 2.20. The molecule has 7 heteroatoms. The van der Waals surface area contributed by atoms with Gasteiger partial charge in [-0.2, -0.15) is 0 Å². The third kappa shape index (κ3) is 4.50. The van der Waals surface area contributed by atoms with Crippen LogP contribution in [0.4, 0.5) is 5.00 Å². The number of carbonyl (C=O) groups is 2. The fourth-order valence-electron chi connectivity index (χ4n) is 2.48. The highest BCUT2D eigenvalue weighted by Crippen LogP contribution is 2.36. The van der Waals surface area contributed by atoms with Gasteiger partial charge in [-0.05, 0) is 36.8 Å². The van der Waals surface area contributed by atoms with E-state index in [1.807, 2.05) is 24.3 Å². The molecule has 0 bridgehead atoms. The molecular formula is C20H15Cl2NO3S. The lowest BCUT2D eigenvalue weighted by Gasteiger charge is -2.05. The average molecular weight is 420 g/mol. The molecule has 0 atom stereocenters. The molecule has 0 saturated heterocycles. The Morgan fingerprint density at radius 1 is 1.15 bits per heavy atom. The van der Waals surface area contributed by atoms with Gasteiger partial charge < -0.3 is 10.1 Å². The number of rotatable bonds is 5. The standard InChI is InChI=1S/C20H15Cl2NO3S/c1-2-26-20(25)18-13-5-3-4-6-16(13)27-19(18)23-17(24)10-8-12-7-9-14(21)15(22)11-12/h3-11H,2H2,1H3,(H,23,24)/b10-8+. The van der Waals surface area contributed by atoms with Crippen molar-refractivity contribution in [2.75, 3.05) is 11.9 Å². The van der Waals surface area contributed by atoms with Crippen LogP contribution < -0.4 is 5.32 Å². The summed E-state index contributed by atoms with van der Waals surface area (Å²) >= 11 is 13.2. The first-order valence-corrected chi connectivity index (χ1v) is 9.69. The molecule has 0 aliphatic heterocycles. The van der Waals surface area contributed by atoms with Crippen molar-refractivity contribution in [2.45, 2.75) is 6.92 Å². The first-order valence-electron chi connectivity index (χ1n) is 8.12. The first-order chi connectivity index (χ1) is 13.0. The summed E-state index contributed by atoms with van der Waals surface area (Å²) in [5.74, 6) is -0.822. The van der Waals surface area contributed by atoms with Crippen molar-refractivity contribution in [3.05, 3.63) is 69.7 Å². The van der Waals surface area contributed by atoms with Crippen molar-refractivity contribution >= 4 is 67.6 Å². The number of anilines is 1. The van der Waals surface area contributed by atoms with Gasteiger partial charge in [0, 0.05) is 16.2 Å². The van der Waals surface area contributed by atoms with Gasteiger partial charge in [-0.3, -0.25) is 4.79 Å². The predicted molar refractivity (Wildman–Crippen MR) is 112 cm³/mol. The van der Waals surface area contributed by atoms with E-state index in [9.17, 15) is 9.59 Å². The SMILES string of the molecule is CCOC(=O)c1c(NC(=O)/C=C/c2ccc(Cl)c(Cl)c2)sc2ccccc12. The van der Waals surface area contributed by atoms with Crippen LogP contribution in [0.3, 0.4) is 0 Å². The van der Waals surface area contributed by atoms with Crippen LogP contribution in [0.25, 0.3) is 16.2 Å². The number of carbonyl (C=O) groups excluding carboxylic acids is 2. The summed E-state index contributed by atoms with van der Waals surface area (Å²) in [6, 6.07) is 12.5. The third-order valence-corrected chi connectivity index (χ3v) is 5.51. The van der Waals surface area contributed by atoms with Gasteiger partial charge in [-0.15, -0.1) is 11.3 Å². The van der Waals surface area contributed by atoms with Crippen molar-refractivity contribution in [2.24, 2.45) is 0 Å². The zero-order valence-corrected chi connectivity index (χ0v) is 16.6. The quantitative estimate of drug-likeness (QED) is 0.405. The number of amides is 1. The first kappa shape index (κ1) is 19.4. The smallest absolute Gasteiger partial charge is 0.341 e. The number of ether oxygens (including phenoxy) is 1. The number of benzene rings is 2. The normalized spacial score (nSPS) is 11.1. The second-order valence-electron chi connectivity index (χ2n) is 5.52. The molecule has 1 amide bonds. The predicted octanol–water partition coefficient (Wildman–Crippen LogP) is 6.04. The van der Waals surface area contributed by atoms with Crippen LogP contribution in [-0.2, 0) is 9.53 Å². The van der Waals surface area contributed by atoms with Crippen molar-refractivity contribution in [1.82, 2.24) is 0 Å². The van der Waals surface area contributed by atoms with Crippen molar-refractivity contribution in [3.63, 3.8) is 0 Å². The largest absolute Gasteiger partial charge is 0.462 e. The van der Waals surface area contributed by atoms with E-state index in [4.69, 9.17) is 27.9 Å². The Labute approximate surface area is 170 Å². The molecule has 3 aromatic rings. The molecule has 1 N–H and O–H groups in total. The van der Waals surface area contributed by atoms with Crippen molar-refractivity contribution in [3.8, 4) is 0 Å². The number of hydrogen-bond donors (Lipinski definition) is 1. The molecule has 27 heavy (non-hydrogen) atoms. The number of hydrogen-bond acceptors (Lipinski definition) is 4. The Hall–Kier alpha value is -2.34. The maximum atomic E-state index is 12.4. The minimum absolute atomic E-state index is 0.258. The van der Waals surface area contributed by atoms with Crippen LogP contribution in [0.5, 0.6) is 0 Å². The molecule has 2 aromatic carbocycles. The molecule has 0 saturated carbocycles. The summed E-state index contributed by atoms with van der Waals surface area (Å²) < 4.78 is 6.03. The Balaban J connectivity index is 1.85. The van der Waals surface area contributed by atoms with E-state index in [2.05, 4.69) is 5.32 Å². The number of esters is 1. The van der Waals surface area contributed by atoms with Crippen molar-refractivity contribution in [1.29, 1.82) is 0 Å². The van der Waals surface area contributed by atoms with Crippen LogP contribution >= 0.6 is 34.5 Å². The van der Waals surface area contributed by atoms with E-state index in [0.29, 0.717) is 20.6 Å². The molecular weight excluding hydrogens is 405 g/mol. The molecule has 0 aliphatic carbocycles. The zero-order valence-electron chi connectivity index (χ0n) is 14.3. The fraction of sp³-hybridized carbons (Fsp3) is 0.100. The highest BCUT2D eigenvalue weighted by molar-refractivity contribution is 7.23. The van der Waals surface area contributed by atoms with Gasteiger partial charge in [-0.1, -0.05) is 47.5 Å². The summed E-state index contributed by atoms with van der Waals surface area (Å²) in [4.78, 5) is 24.7. The second kappa shape index (κ2) is 8.57. The topological polar surface area (TPSA) is 55.4 Å². The fourth-order valence-corrected chi connectivity index (χ4v) is 3.88. The minimum Gasteiger partial charge on any atom is -0.462 e. The van der Waals surface area contributed by atoms with Gasteiger partial charge in [-0.25, -0.2) is 4.79 Å². The van der Waals surface area contributed by atoms with Gasteiger partial charge in [0.1, 0.15) is 10.6 Å². The molecule has 1 heterocycles. The van der Waals surface area contributed by atoms with Gasteiger partial charge in [0.05, 0.1) is 16.7 Å². The summed E-state index contributed by atoms with van der Waals surface area (Å²) in [6.45, 7) is 2.00. The maximum absolute atomic E-state index is 12.4. The Morgan fingerprint density at radius 2 is 1.93 bits per heavy atom. The van der Waals surface area contributed by atoms with E-state index in [1.54, 1.807) is 31.2 Å². The van der Waals surface area contributed by atoms with E-state index in [-0.39, 0.29) is 12.5 Å². The van der Waals surface area contributed by atoms with Crippen LogP contribution in [0.1, 0.15) is 22.8 Å². The zero-order chi connectivity index (χ0) is 19.4. The molecule has 3 rings (SSSR count). The number of nitrogens with one attached hydrogen (secondary N) is 1. The molecule has 0 fully saturated rings. The molecule has 1 aromatic heterocycles. The molecule has 4 nitrogen and oxygen atoms in total. The van der Waals surface area contributed by atoms with Gasteiger partial charge in [0.15, 0.2) is 0 Å². The Morgan fingerprint density at radius 3 is 2.67 bits per heavy atom. The van der Waals surface area contributed by atoms with Crippen LogP contribution in [0.15, 0.2) is 48.5 Å². The summed E-state index contributed by atoms with van der Waals surface area (Å²) in [7, 11) is 0. The van der Waals surface area contributed by atoms with E-state index >= 15 is 0 Å². The lowest BCUT2D eigenvalue weighted by Crippen LogP contribution is -2.12. The number of thiophene rings is 1. The van der Waals surface area contributed by atoms with Crippen LogP contribution in [0.2, 0.25) is 10.0 Å². The van der Waals surface area contributed by atoms with Crippen LogP contribution in [-0.4, -0.2) is 18.5 Å². The molecule has 0 unspecified atom stereocenters. The second-order valence-corrected chi connectivity index (χ2v) is 7.39. The third-order valence-electron chi connectivity index (χ3n) is 3.68. The van der Waals surface area contributed by atoms with Gasteiger partial charge in [0.25, 0.3) is 0 Å². The monoisotopic (exact) mass is 419 g/mol. The summed E-state index contributed by atoms with van der Waals surface area (Å²) in [6.07, 6.45) is 2.99. The van der Waals surface area contributed by atoms with Crippen molar-refractivity contribution < 1.29 is 14.3 Å². The Kier molecular flexibility index (Phi) is 6.16. The summed E-state index contributed by atoms with van der Waals surface area (Å²) in [5.41, 5.74) is 1.11. The highest BCUT2D eigenvalue weighted by atomic mass is 35.5. The maximum Gasteiger partial charge on any atom is 0.341 e. The molecule has 0 aliphatic rings. The number of halogens is 2. The van der Waals surface area contributed by atoms with E-state index < -0.39 is 5.97 Å². The van der Waals surface area contributed by atoms with Crippen LogP contribution in [0, 0.1) is 0 Å². The van der Waals surface area contributed by atoms with Gasteiger partial charge >= 0.3 is 5.97 Å². The van der Waals surface area contributed by atoms with E-state index in [0.717, 1.165) is 15.6 Å². The average Bonchev–Trinajstić information content (AvgIpc) is 3.00. The van der Waals surface area contributed by atoms with E-state index in [1.165, 1.54) is 17.4 Å². The number of fused-ring (bicyclic) bond motifs is 1. The van der Waals surface area contributed by atoms with Gasteiger partial charge in [0.2, 0.25) is 5.91 Å². The molecule has 0 radical (unpaired) electrons. The lowest BCUT2D eigenvalue weighted by molar-refractivity contribution is -0.111. The molecule has 0 spiro atoms. The minimum atomic E-state index is -0.460. The Bertz CT molecular complexity index is 1040. The summed E-state index contributed by atoms with van der Waals surface area (Å²) in [5, 5.41) is 4.84.